The van der Waals surface area contributed by atoms with Crippen LogP contribution in [-0.4, -0.2) is 21.8 Å². The quantitative estimate of drug-likeness (QED) is 0.772. The van der Waals surface area contributed by atoms with Crippen molar-refractivity contribution in [2.75, 3.05) is 10.6 Å². The highest BCUT2D eigenvalue weighted by atomic mass is 32.1. The van der Waals surface area contributed by atoms with E-state index in [1.165, 1.54) is 0 Å². The average molecular weight is 324 g/mol. The summed E-state index contributed by atoms with van der Waals surface area (Å²) in [6.07, 6.45) is 6.37. The number of anilines is 2. The van der Waals surface area contributed by atoms with Crippen LogP contribution in [0.3, 0.4) is 0 Å². The van der Waals surface area contributed by atoms with Crippen LogP contribution in [0, 0.1) is 0 Å². The first-order chi connectivity index (χ1) is 11.2. The molecule has 0 aliphatic heterocycles. The average Bonchev–Trinajstić information content (AvgIpc) is 3.07. The minimum Gasteiger partial charge on any atom is -0.320 e. The first-order valence-electron chi connectivity index (χ1n) is 6.75. The van der Waals surface area contributed by atoms with Gasteiger partial charge >= 0.3 is 0 Å². The summed E-state index contributed by atoms with van der Waals surface area (Å²) in [4.78, 5) is 33.0. The molecule has 2 N–H and O–H groups in total. The van der Waals surface area contributed by atoms with Crippen LogP contribution in [0.1, 0.15) is 19.3 Å². The number of nitrogens with one attached hydrogen (secondary N) is 2. The first-order valence-corrected chi connectivity index (χ1v) is 7.56. The van der Waals surface area contributed by atoms with E-state index in [9.17, 15) is 9.59 Å². The Morgan fingerprint density at radius 3 is 1.65 bits per heavy atom. The molecule has 6 nitrogen and oxygen atoms in total. The molecule has 3 aromatic heterocycles. The van der Waals surface area contributed by atoms with E-state index in [1.807, 2.05) is 0 Å². The third-order valence-electron chi connectivity index (χ3n) is 2.89. The van der Waals surface area contributed by atoms with E-state index in [4.69, 9.17) is 0 Å². The fourth-order valence-corrected chi connectivity index (χ4v) is 2.64. The van der Waals surface area contributed by atoms with Gasteiger partial charge in [0.05, 0.1) is 33.5 Å². The molecule has 3 rings (SSSR count). The van der Waals surface area contributed by atoms with Gasteiger partial charge in [0, 0.05) is 12.4 Å². The standard InChI is InChI=1S/C16H12N4O2S/c21-15(19-11-3-1-7-17-9-11)13-5-6-14(23-13)16(22)20-12-4-2-8-18-10-12/h1-10H,(H,19,21)(H,20,22). The number of hydrogen-bond donors (Lipinski definition) is 2. The molecule has 23 heavy (non-hydrogen) atoms. The fourth-order valence-electron chi connectivity index (χ4n) is 1.84. The highest BCUT2D eigenvalue weighted by Gasteiger charge is 2.14. The van der Waals surface area contributed by atoms with Gasteiger partial charge in [-0.3, -0.25) is 19.6 Å². The van der Waals surface area contributed by atoms with Crippen molar-refractivity contribution in [1.82, 2.24) is 9.97 Å². The van der Waals surface area contributed by atoms with Crippen molar-refractivity contribution in [3.63, 3.8) is 0 Å². The van der Waals surface area contributed by atoms with E-state index in [2.05, 4.69) is 20.6 Å². The van der Waals surface area contributed by atoms with Gasteiger partial charge in [-0.15, -0.1) is 11.3 Å². The lowest BCUT2D eigenvalue weighted by atomic mass is 10.3. The number of carbonyl (C=O) groups is 2. The van der Waals surface area contributed by atoms with Crippen LogP contribution < -0.4 is 10.6 Å². The van der Waals surface area contributed by atoms with Gasteiger partial charge in [0.25, 0.3) is 11.8 Å². The van der Waals surface area contributed by atoms with Crippen LogP contribution >= 0.6 is 11.3 Å². The summed E-state index contributed by atoms with van der Waals surface area (Å²) >= 11 is 1.12. The summed E-state index contributed by atoms with van der Waals surface area (Å²) in [5.41, 5.74) is 1.21. The summed E-state index contributed by atoms with van der Waals surface area (Å²) in [7, 11) is 0. The number of carbonyl (C=O) groups excluding carboxylic acids is 2. The number of aromatic nitrogens is 2. The molecule has 0 fully saturated rings. The molecule has 3 aromatic rings. The van der Waals surface area contributed by atoms with Gasteiger partial charge in [0.1, 0.15) is 0 Å². The molecule has 0 saturated heterocycles. The number of pyridine rings is 2. The molecule has 0 atom stereocenters. The van der Waals surface area contributed by atoms with E-state index in [0.717, 1.165) is 11.3 Å². The molecule has 0 aliphatic carbocycles. The van der Waals surface area contributed by atoms with Crippen LogP contribution in [0.15, 0.2) is 61.2 Å². The zero-order valence-electron chi connectivity index (χ0n) is 11.9. The topological polar surface area (TPSA) is 84.0 Å². The fraction of sp³-hybridized carbons (Fsp3) is 0. The van der Waals surface area contributed by atoms with Crippen molar-refractivity contribution in [3.8, 4) is 0 Å². The minimum atomic E-state index is -0.275. The SMILES string of the molecule is O=C(Nc1cccnc1)c1ccc(C(=O)Nc2cccnc2)s1. The summed E-state index contributed by atoms with van der Waals surface area (Å²) in [5.74, 6) is -0.549. The molecule has 0 aliphatic rings. The number of nitrogens with zero attached hydrogens (tertiary/aromatic N) is 2. The molecular formula is C16H12N4O2S. The molecular weight excluding hydrogens is 312 g/mol. The Balaban J connectivity index is 1.68. The van der Waals surface area contributed by atoms with Crippen molar-refractivity contribution in [1.29, 1.82) is 0 Å². The molecule has 114 valence electrons. The van der Waals surface area contributed by atoms with Crippen molar-refractivity contribution in [3.05, 3.63) is 70.9 Å². The highest BCUT2D eigenvalue weighted by molar-refractivity contribution is 7.16. The zero-order valence-corrected chi connectivity index (χ0v) is 12.7. The van der Waals surface area contributed by atoms with Crippen LogP contribution in [0.5, 0.6) is 0 Å². The van der Waals surface area contributed by atoms with Gasteiger partial charge in [0.15, 0.2) is 0 Å². The zero-order chi connectivity index (χ0) is 16.1. The lowest BCUT2D eigenvalue weighted by molar-refractivity contribution is 0.102. The predicted molar refractivity (Wildman–Crippen MR) is 88.7 cm³/mol. The number of hydrogen-bond acceptors (Lipinski definition) is 5. The highest BCUT2D eigenvalue weighted by Crippen LogP contribution is 2.19. The maximum absolute atomic E-state index is 12.1. The van der Waals surface area contributed by atoms with Gasteiger partial charge in [-0.1, -0.05) is 0 Å². The smallest absolute Gasteiger partial charge is 0.265 e. The van der Waals surface area contributed by atoms with Crippen LogP contribution in [0.2, 0.25) is 0 Å². The van der Waals surface area contributed by atoms with Crippen molar-refractivity contribution >= 4 is 34.5 Å². The van der Waals surface area contributed by atoms with Crippen molar-refractivity contribution in [2.45, 2.75) is 0 Å². The Labute approximate surface area is 136 Å². The largest absolute Gasteiger partial charge is 0.320 e. The van der Waals surface area contributed by atoms with E-state index in [0.29, 0.717) is 21.1 Å². The summed E-state index contributed by atoms with van der Waals surface area (Å²) in [6, 6.07) is 10.2. The maximum atomic E-state index is 12.1. The minimum absolute atomic E-state index is 0.275. The van der Waals surface area contributed by atoms with Crippen molar-refractivity contribution in [2.24, 2.45) is 0 Å². The maximum Gasteiger partial charge on any atom is 0.265 e. The first kappa shape index (κ1) is 14.9. The normalized spacial score (nSPS) is 10.1. The molecule has 0 unspecified atom stereocenters. The van der Waals surface area contributed by atoms with E-state index in [1.54, 1.807) is 61.2 Å². The van der Waals surface area contributed by atoms with Crippen LogP contribution in [0.4, 0.5) is 11.4 Å². The van der Waals surface area contributed by atoms with E-state index >= 15 is 0 Å². The third kappa shape index (κ3) is 3.78. The molecule has 0 radical (unpaired) electrons. The Bertz CT molecular complexity index is 750. The lowest BCUT2D eigenvalue weighted by Crippen LogP contribution is -2.11. The number of amides is 2. The molecule has 2 amide bonds. The van der Waals surface area contributed by atoms with Gasteiger partial charge in [0.2, 0.25) is 0 Å². The second kappa shape index (κ2) is 6.80. The predicted octanol–water partition coefficient (Wildman–Crippen LogP) is 3.04. The summed E-state index contributed by atoms with van der Waals surface area (Å²) < 4.78 is 0. The van der Waals surface area contributed by atoms with Crippen LogP contribution in [-0.2, 0) is 0 Å². The summed E-state index contributed by atoms with van der Waals surface area (Å²) in [6.45, 7) is 0. The van der Waals surface area contributed by atoms with Crippen LogP contribution in [0.25, 0.3) is 0 Å². The van der Waals surface area contributed by atoms with Crippen molar-refractivity contribution < 1.29 is 9.59 Å². The molecule has 0 spiro atoms. The summed E-state index contributed by atoms with van der Waals surface area (Å²) in [5, 5.41) is 5.45. The molecule has 3 heterocycles. The Hall–Kier alpha value is -3.06. The van der Waals surface area contributed by atoms with Gasteiger partial charge in [-0.25, -0.2) is 0 Å². The molecule has 0 bridgehead atoms. The van der Waals surface area contributed by atoms with Gasteiger partial charge < -0.3 is 10.6 Å². The second-order valence-corrected chi connectivity index (χ2v) is 5.64. The second-order valence-electron chi connectivity index (χ2n) is 4.56. The molecule has 0 aromatic carbocycles. The molecule has 7 heteroatoms. The number of thiophene rings is 1. The van der Waals surface area contributed by atoms with E-state index in [-0.39, 0.29) is 11.8 Å². The van der Waals surface area contributed by atoms with Gasteiger partial charge in [-0.2, -0.15) is 0 Å². The Morgan fingerprint density at radius 1 is 0.783 bits per heavy atom. The third-order valence-corrected chi connectivity index (χ3v) is 3.98. The number of rotatable bonds is 4. The lowest BCUT2D eigenvalue weighted by Gasteiger charge is -2.02. The Kier molecular flexibility index (Phi) is 4.39. The van der Waals surface area contributed by atoms with Gasteiger partial charge in [-0.05, 0) is 36.4 Å². The monoisotopic (exact) mass is 324 g/mol. The Morgan fingerprint density at radius 2 is 1.26 bits per heavy atom. The molecule has 0 saturated carbocycles. The van der Waals surface area contributed by atoms with E-state index < -0.39 is 0 Å².